The lowest BCUT2D eigenvalue weighted by atomic mass is 10.2. The first kappa shape index (κ1) is 15.0. The summed E-state index contributed by atoms with van der Waals surface area (Å²) in [6.45, 7) is 1.79. The number of nitrogens with zero attached hydrogens (tertiary/aromatic N) is 2. The van der Waals surface area contributed by atoms with E-state index in [1.165, 1.54) is 10.9 Å². The molecule has 0 atom stereocenters. The molecule has 0 radical (unpaired) electrons. The summed E-state index contributed by atoms with van der Waals surface area (Å²) in [7, 11) is 0. The summed E-state index contributed by atoms with van der Waals surface area (Å²) < 4.78 is 20.7. The van der Waals surface area contributed by atoms with Gasteiger partial charge in [-0.05, 0) is 31.2 Å². The zero-order chi connectivity index (χ0) is 16.2. The van der Waals surface area contributed by atoms with Crippen LogP contribution in [-0.2, 0) is 11.3 Å². The third-order valence-electron chi connectivity index (χ3n) is 3.43. The van der Waals surface area contributed by atoms with Gasteiger partial charge in [-0.2, -0.15) is 9.49 Å². The Labute approximate surface area is 133 Å². The molecule has 3 aromatic rings. The summed E-state index contributed by atoms with van der Waals surface area (Å²) in [6.07, 6.45) is 1.37. The Balaban J connectivity index is 1.72. The number of benzene rings is 2. The van der Waals surface area contributed by atoms with Crippen molar-refractivity contribution in [3.05, 3.63) is 83.4 Å². The van der Waals surface area contributed by atoms with E-state index in [9.17, 15) is 9.18 Å². The molecule has 0 saturated carbocycles. The van der Waals surface area contributed by atoms with E-state index in [4.69, 9.17) is 4.74 Å². The van der Waals surface area contributed by atoms with Crippen LogP contribution < -0.4 is 0 Å². The second kappa shape index (κ2) is 6.44. The van der Waals surface area contributed by atoms with E-state index in [1.54, 1.807) is 36.4 Å². The fourth-order valence-corrected chi connectivity index (χ4v) is 2.13. The molecule has 4 nitrogen and oxygen atoms in total. The molecular weight excluding hydrogens is 295 g/mol. The molecule has 0 aliphatic rings. The van der Waals surface area contributed by atoms with Crippen LogP contribution in [0.3, 0.4) is 0 Å². The highest BCUT2D eigenvalue weighted by Crippen LogP contribution is 2.15. The maximum Gasteiger partial charge on any atom is 0.338 e. The van der Waals surface area contributed by atoms with Gasteiger partial charge in [0.05, 0.1) is 23.0 Å². The first-order valence-electron chi connectivity index (χ1n) is 7.17. The van der Waals surface area contributed by atoms with E-state index < -0.39 is 11.9 Å². The molecule has 0 fully saturated rings. The molecule has 0 aliphatic carbocycles. The van der Waals surface area contributed by atoms with E-state index in [0.29, 0.717) is 11.3 Å². The van der Waals surface area contributed by atoms with Gasteiger partial charge in [-0.3, -0.25) is 0 Å². The van der Waals surface area contributed by atoms with Gasteiger partial charge in [0.1, 0.15) is 6.61 Å². The van der Waals surface area contributed by atoms with Crippen molar-refractivity contribution in [3.63, 3.8) is 0 Å². The van der Waals surface area contributed by atoms with Crippen molar-refractivity contribution in [2.45, 2.75) is 13.5 Å². The second-order valence-electron chi connectivity index (χ2n) is 5.15. The third-order valence-corrected chi connectivity index (χ3v) is 3.43. The minimum atomic E-state index is -0.533. The van der Waals surface area contributed by atoms with Crippen LogP contribution in [0, 0.1) is 12.9 Å². The Morgan fingerprint density at radius 1 is 1.13 bits per heavy atom. The predicted molar refractivity (Wildman–Crippen MR) is 83.8 cm³/mol. The Morgan fingerprint density at radius 3 is 2.52 bits per heavy atom. The van der Waals surface area contributed by atoms with Gasteiger partial charge in [0.25, 0.3) is 0 Å². The molecular formula is C18H15FN2O2. The smallest absolute Gasteiger partial charge is 0.338 e. The molecule has 3 rings (SSSR count). The van der Waals surface area contributed by atoms with Crippen molar-refractivity contribution in [1.29, 1.82) is 0 Å². The summed E-state index contributed by atoms with van der Waals surface area (Å²) in [5.41, 5.74) is 2.36. The Kier molecular flexibility index (Phi) is 4.19. The van der Waals surface area contributed by atoms with Gasteiger partial charge < -0.3 is 4.74 Å². The number of ether oxygens (including phenoxy) is 1. The number of hydrogen-bond donors (Lipinski definition) is 0. The third kappa shape index (κ3) is 3.29. The molecule has 2 aromatic carbocycles. The average Bonchev–Trinajstić information content (AvgIpc) is 2.95. The highest BCUT2D eigenvalue weighted by atomic mass is 19.1. The molecule has 0 N–H and O–H groups in total. The van der Waals surface area contributed by atoms with Gasteiger partial charge in [0.15, 0.2) is 0 Å². The molecule has 5 heteroatoms. The van der Waals surface area contributed by atoms with E-state index in [-0.39, 0.29) is 12.2 Å². The monoisotopic (exact) mass is 310 g/mol. The summed E-state index contributed by atoms with van der Waals surface area (Å²) in [4.78, 5) is 11.9. The number of hydrogen-bond acceptors (Lipinski definition) is 3. The summed E-state index contributed by atoms with van der Waals surface area (Å²) in [5, 5.41) is 4.02. The van der Waals surface area contributed by atoms with Crippen LogP contribution in [0.25, 0.3) is 5.69 Å². The molecule has 0 unspecified atom stereocenters. The quantitative estimate of drug-likeness (QED) is 0.691. The number of rotatable bonds is 4. The largest absolute Gasteiger partial charge is 0.457 e. The number of halogens is 1. The molecule has 1 heterocycles. The van der Waals surface area contributed by atoms with Gasteiger partial charge in [-0.1, -0.05) is 35.9 Å². The Morgan fingerprint density at radius 2 is 1.83 bits per heavy atom. The lowest BCUT2D eigenvalue weighted by molar-refractivity contribution is 0.0468. The van der Waals surface area contributed by atoms with Crippen LogP contribution in [0.2, 0.25) is 0 Å². The standard InChI is InChI=1S/C18H15FN2O2/c1-13-7-9-16(10-8-13)21-17(19)15(11-20-21)12-23-18(22)14-5-3-2-4-6-14/h2-11H,12H2,1H3. The van der Waals surface area contributed by atoms with Crippen molar-refractivity contribution in [1.82, 2.24) is 9.78 Å². The van der Waals surface area contributed by atoms with Crippen LogP contribution >= 0.6 is 0 Å². The van der Waals surface area contributed by atoms with E-state index in [0.717, 1.165) is 5.56 Å². The first-order valence-corrected chi connectivity index (χ1v) is 7.17. The minimum Gasteiger partial charge on any atom is -0.457 e. The van der Waals surface area contributed by atoms with Crippen molar-refractivity contribution >= 4 is 5.97 Å². The van der Waals surface area contributed by atoms with E-state index in [2.05, 4.69) is 5.10 Å². The lowest BCUT2D eigenvalue weighted by Crippen LogP contribution is -2.06. The fraction of sp³-hybridized carbons (Fsp3) is 0.111. The lowest BCUT2D eigenvalue weighted by Gasteiger charge is -2.05. The molecule has 0 bridgehead atoms. The maximum atomic E-state index is 14.4. The molecule has 1 aromatic heterocycles. The van der Waals surface area contributed by atoms with E-state index >= 15 is 0 Å². The Hall–Kier alpha value is -2.95. The average molecular weight is 310 g/mol. The second-order valence-corrected chi connectivity index (χ2v) is 5.15. The topological polar surface area (TPSA) is 44.1 Å². The number of aromatic nitrogens is 2. The predicted octanol–water partition coefficient (Wildman–Crippen LogP) is 3.68. The normalized spacial score (nSPS) is 10.5. The van der Waals surface area contributed by atoms with Crippen LogP contribution in [0.15, 0.2) is 60.8 Å². The van der Waals surface area contributed by atoms with E-state index in [1.807, 2.05) is 25.1 Å². The zero-order valence-electron chi connectivity index (χ0n) is 12.6. The molecule has 116 valence electrons. The van der Waals surface area contributed by atoms with Gasteiger partial charge >= 0.3 is 5.97 Å². The fourth-order valence-electron chi connectivity index (χ4n) is 2.13. The minimum absolute atomic E-state index is 0.161. The van der Waals surface area contributed by atoms with Gasteiger partial charge in [-0.25, -0.2) is 9.48 Å². The van der Waals surface area contributed by atoms with Crippen molar-refractivity contribution in [2.24, 2.45) is 0 Å². The number of carbonyl (C=O) groups excluding carboxylic acids is 1. The number of aryl methyl sites for hydroxylation is 1. The van der Waals surface area contributed by atoms with Crippen molar-refractivity contribution < 1.29 is 13.9 Å². The molecule has 23 heavy (non-hydrogen) atoms. The maximum absolute atomic E-state index is 14.4. The van der Waals surface area contributed by atoms with Crippen molar-refractivity contribution in [3.8, 4) is 5.69 Å². The summed E-state index contributed by atoms with van der Waals surface area (Å²) >= 11 is 0. The highest BCUT2D eigenvalue weighted by Gasteiger charge is 2.14. The van der Waals surface area contributed by atoms with Gasteiger partial charge in [-0.15, -0.1) is 0 Å². The van der Waals surface area contributed by atoms with Crippen LogP contribution in [0.5, 0.6) is 0 Å². The van der Waals surface area contributed by atoms with Gasteiger partial charge in [0.2, 0.25) is 5.95 Å². The number of carbonyl (C=O) groups is 1. The number of esters is 1. The molecule has 0 spiro atoms. The van der Waals surface area contributed by atoms with Gasteiger partial charge in [0, 0.05) is 0 Å². The SMILES string of the molecule is Cc1ccc(-n2ncc(COC(=O)c3ccccc3)c2F)cc1. The molecule has 0 aliphatic heterocycles. The molecule has 0 amide bonds. The summed E-state index contributed by atoms with van der Waals surface area (Å²) in [6, 6.07) is 15.9. The highest BCUT2D eigenvalue weighted by molar-refractivity contribution is 5.89. The van der Waals surface area contributed by atoms with Crippen LogP contribution in [0.1, 0.15) is 21.5 Å². The molecule has 0 saturated heterocycles. The van der Waals surface area contributed by atoms with Crippen molar-refractivity contribution in [2.75, 3.05) is 0 Å². The zero-order valence-corrected chi connectivity index (χ0v) is 12.6. The Bertz CT molecular complexity index is 811. The first-order chi connectivity index (χ1) is 11.1. The van der Waals surface area contributed by atoms with Crippen LogP contribution in [0.4, 0.5) is 4.39 Å². The summed E-state index contributed by atoms with van der Waals surface area (Å²) in [5.74, 6) is -1.03. The van der Waals surface area contributed by atoms with Crippen LogP contribution in [-0.4, -0.2) is 15.7 Å².